The van der Waals surface area contributed by atoms with Crippen molar-refractivity contribution in [3.8, 4) is 0 Å². The summed E-state index contributed by atoms with van der Waals surface area (Å²) >= 11 is 3.38. The summed E-state index contributed by atoms with van der Waals surface area (Å²) in [6.45, 7) is 4.16. The van der Waals surface area contributed by atoms with Crippen LogP contribution >= 0.6 is 15.9 Å². The molecule has 4 nitrogen and oxygen atoms in total. The molecule has 1 atom stereocenters. The van der Waals surface area contributed by atoms with Crippen LogP contribution < -0.4 is 5.32 Å². The van der Waals surface area contributed by atoms with Gasteiger partial charge in [0.1, 0.15) is 5.82 Å². The fraction of sp³-hybridized carbons (Fsp3) is 0.286. The minimum Gasteiger partial charge on any atom is -0.307 e. The molecule has 0 aliphatic rings. The Hall–Kier alpha value is -1.62. The molecule has 19 heavy (non-hydrogen) atoms. The summed E-state index contributed by atoms with van der Waals surface area (Å²) in [5, 5.41) is 7.14. The Kier molecular flexibility index (Phi) is 4.37. The molecule has 1 aromatic carbocycles. The van der Waals surface area contributed by atoms with Crippen molar-refractivity contribution in [1.82, 2.24) is 9.78 Å². The number of benzene rings is 1. The largest absolute Gasteiger partial charge is 0.307 e. The molecular weight excluding hydrogens is 306 g/mol. The third-order valence-electron chi connectivity index (χ3n) is 3.04. The van der Waals surface area contributed by atoms with Crippen LogP contribution in [0.3, 0.4) is 0 Å². The number of carbonyl (C=O) groups is 1. The molecule has 0 aliphatic carbocycles. The predicted octanol–water partition coefficient (Wildman–Crippen LogP) is 3.87. The van der Waals surface area contributed by atoms with Crippen LogP contribution in [0.25, 0.3) is 0 Å². The summed E-state index contributed by atoms with van der Waals surface area (Å²) in [7, 11) is 0. The summed E-state index contributed by atoms with van der Waals surface area (Å²) < 4.78 is 2.61. The lowest BCUT2D eigenvalue weighted by atomic mass is 10.2. The zero-order valence-electron chi connectivity index (χ0n) is 10.9. The Bertz CT molecular complexity index is 580. The number of amides is 1. The van der Waals surface area contributed by atoms with Crippen LogP contribution in [0.4, 0.5) is 5.82 Å². The maximum Gasteiger partial charge on any atom is 0.257 e. The van der Waals surface area contributed by atoms with E-state index in [1.165, 1.54) is 0 Å². The van der Waals surface area contributed by atoms with E-state index in [-0.39, 0.29) is 11.9 Å². The van der Waals surface area contributed by atoms with Gasteiger partial charge in [-0.1, -0.05) is 19.1 Å². The van der Waals surface area contributed by atoms with Crippen LogP contribution in [0.15, 0.2) is 41.0 Å². The van der Waals surface area contributed by atoms with Gasteiger partial charge in [-0.3, -0.25) is 4.79 Å². The number of hydrogen-bond donors (Lipinski definition) is 1. The molecular formula is C14H16BrN3O. The zero-order chi connectivity index (χ0) is 13.8. The Morgan fingerprint density at radius 3 is 2.84 bits per heavy atom. The standard InChI is InChI=1S/C14H16BrN3O/c1-3-10(2)18-13(8-9-16-18)17-14(19)11-6-4-5-7-12(11)15/h4-10H,3H2,1-2H3,(H,17,19). The smallest absolute Gasteiger partial charge is 0.257 e. The Labute approximate surface area is 120 Å². The lowest BCUT2D eigenvalue weighted by Crippen LogP contribution is -2.17. The van der Waals surface area contributed by atoms with Crippen LogP contribution in [-0.2, 0) is 0 Å². The number of hydrogen-bond acceptors (Lipinski definition) is 2. The number of nitrogens with zero attached hydrogens (tertiary/aromatic N) is 2. The second kappa shape index (κ2) is 6.02. The highest BCUT2D eigenvalue weighted by Crippen LogP contribution is 2.20. The Morgan fingerprint density at radius 2 is 2.16 bits per heavy atom. The van der Waals surface area contributed by atoms with Crippen LogP contribution in [0.5, 0.6) is 0 Å². The third-order valence-corrected chi connectivity index (χ3v) is 3.73. The van der Waals surface area contributed by atoms with E-state index >= 15 is 0 Å². The molecule has 0 aliphatic heterocycles. The van der Waals surface area contributed by atoms with Crippen LogP contribution in [-0.4, -0.2) is 15.7 Å². The predicted molar refractivity (Wildman–Crippen MR) is 79.3 cm³/mol. The van der Waals surface area contributed by atoms with Gasteiger partial charge in [0.2, 0.25) is 0 Å². The Morgan fingerprint density at radius 1 is 1.42 bits per heavy atom. The molecule has 1 aromatic heterocycles. The molecule has 1 heterocycles. The first kappa shape index (κ1) is 13.8. The molecule has 0 bridgehead atoms. The summed E-state index contributed by atoms with van der Waals surface area (Å²) in [6.07, 6.45) is 2.65. The summed E-state index contributed by atoms with van der Waals surface area (Å²) in [4.78, 5) is 12.2. The van der Waals surface area contributed by atoms with Gasteiger partial charge in [-0.15, -0.1) is 0 Å². The molecule has 0 saturated heterocycles. The van der Waals surface area contributed by atoms with Crippen LogP contribution in [0, 0.1) is 0 Å². The van der Waals surface area contributed by atoms with Gasteiger partial charge in [0, 0.05) is 10.5 Å². The first-order valence-corrected chi connectivity index (χ1v) is 7.02. The lowest BCUT2D eigenvalue weighted by molar-refractivity contribution is 0.102. The van der Waals surface area contributed by atoms with Gasteiger partial charge < -0.3 is 5.32 Å². The van der Waals surface area contributed by atoms with E-state index in [1.54, 1.807) is 18.3 Å². The van der Waals surface area contributed by atoms with Gasteiger partial charge in [-0.2, -0.15) is 5.10 Å². The number of halogens is 1. The molecule has 0 spiro atoms. The van der Waals surface area contributed by atoms with E-state index in [4.69, 9.17) is 0 Å². The molecule has 1 N–H and O–H groups in total. The number of carbonyl (C=O) groups excluding carboxylic acids is 1. The van der Waals surface area contributed by atoms with Gasteiger partial charge in [0.05, 0.1) is 17.8 Å². The van der Waals surface area contributed by atoms with Crippen molar-refractivity contribution >= 4 is 27.7 Å². The van der Waals surface area contributed by atoms with E-state index in [2.05, 4.69) is 40.2 Å². The average molecular weight is 322 g/mol. The SMILES string of the molecule is CCC(C)n1nccc1NC(=O)c1ccccc1Br. The number of nitrogens with one attached hydrogen (secondary N) is 1. The molecule has 0 fully saturated rings. The van der Waals surface area contributed by atoms with E-state index in [0.29, 0.717) is 5.56 Å². The fourth-order valence-corrected chi connectivity index (χ4v) is 2.23. The van der Waals surface area contributed by atoms with Crippen molar-refractivity contribution < 1.29 is 4.79 Å². The monoisotopic (exact) mass is 321 g/mol. The summed E-state index contributed by atoms with van der Waals surface area (Å²) in [6, 6.07) is 9.41. The lowest BCUT2D eigenvalue weighted by Gasteiger charge is -2.14. The highest BCUT2D eigenvalue weighted by Gasteiger charge is 2.14. The Balaban J connectivity index is 2.21. The second-order valence-corrected chi connectivity index (χ2v) is 5.21. The molecule has 100 valence electrons. The van der Waals surface area contributed by atoms with E-state index in [9.17, 15) is 4.79 Å². The van der Waals surface area contributed by atoms with Gasteiger partial charge in [0.25, 0.3) is 5.91 Å². The molecule has 1 unspecified atom stereocenters. The quantitative estimate of drug-likeness (QED) is 0.929. The van der Waals surface area contributed by atoms with Crippen LogP contribution in [0.1, 0.15) is 36.7 Å². The minimum atomic E-state index is -0.141. The molecule has 2 rings (SSSR count). The van der Waals surface area contributed by atoms with Crippen molar-refractivity contribution in [2.45, 2.75) is 26.3 Å². The van der Waals surface area contributed by atoms with Gasteiger partial charge >= 0.3 is 0 Å². The van der Waals surface area contributed by atoms with Crippen molar-refractivity contribution in [3.05, 3.63) is 46.6 Å². The van der Waals surface area contributed by atoms with Crippen molar-refractivity contribution in [2.24, 2.45) is 0 Å². The highest BCUT2D eigenvalue weighted by atomic mass is 79.9. The van der Waals surface area contributed by atoms with E-state index in [1.807, 2.05) is 22.9 Å². The number of rotatable bonds is 4. The van der Waals surface area contributed by atoms with Gasteiger partial charge in [-0.25, -0.2) is 4.68 Å². The normalized spacial score (nSPS) is 12.2. The average Bonchev–Trinajstić information content (AvgIpc) is 2.86. The van der Waals surface area contributed by atoms with Crippen molar-refractivity contribution in [1.29, 1.82) is 0 Å². The van der Waals surface area contributed by atoms with E-state index < -0.39 is 0 Å². The molecule has 2 aromatic rings. The highest BCUT2D eigenvalue weighted by molar-refractivity contribution is 9.10. The topological polar surface area (TPSA) is 46.9 Å². The first-order chi connectivity index (χ1) is 9.13. The minimum absolute atomic E-state index is 0.141. The number of anilines is 1. The van der Waals surface area contributed by atoms with Crippen molar-refractivity contribution in [2.75, 3.05) is 5.32 Å². The molecule has 0 saturated carbocycles. The van der Waals surface area contributed by atoms with Gasteiger partial charge in [-0.05, 0) is 41.4 Å². The van der Waals surface area contributed by atoms with Crippen molar-refractivity contribution in [3.63, 3.8) is 0 Å². The molecule has 0 radical (unpaired) electrons. The third kappa shape index (κ3) is 3.04. The van der Waals surface area contributed by atoms with E-state index in [0.717, 1.165) is 16.7 Å². The fourth-order valence-electron chi connectivity index (χ4n) is 1.77. The molecule has 5 heteroatoms. The maximum atomic E-state index is 12.2. The summed E-state index contributed by atoms with van der Waals surface area (Å²) in [5.41, 5.74) is 0.611. The van der Waals surface area contributed by atoms with Crippen LogP contribution in [0.2, 0.25) is 0 Å². The molecule has 1 amide bonds. The second-order valence-electron chi connectivity index (χ2n) is 4.35. The maximum absolute atomic E-state index is 12.2. The number of aromatic nitrogens is 2. The first-order valence-electron chi connectivity index (χ1n) is 6.23. The zero-order valence-corrected chi connectivity index (χ0v) is 12.5. The summed E-state index contributed by atoms with van der Waals surface area (Å²) in [5.74, 6) is 0.577. The van der Waals surface area contributed by atoms with Gasteiger partial charge in [0.15, 0.2) is 0 Å².